The van der Waals surface area contributed by atoms with Crippen LogP contribution in [-0.2, 0) is 0 Å². The largest absolute Gasteiger partial charge is 0.343 e. The number of rotatable bonds is 4. The Labute approximate surface area is 139 Å². The normalized spacial score (nSPS) is 10.2. The lowest BCUT2D eigenvalue weighted by Crippen LogP contribution is -2.14. The van der Waals surface area contributed by atoms with Gasteiger partial charge in [0.05, 0.1) is 17.4 Å². The smallest absolute Gasteiger partial charge is 0.257 e. The first-order valence-corrected chi connectivity index (χ1v) is 7.44. The summed E-state index contributed by atoms with van der Waals surface area (Å²) < 4.78 is 12.9. The van der Waals surface area contributed by atoms with Crippen LogP contribution < -0.4 is 10.2 Å². The van der Waals surface area contributed by atoms with Crippen LogP contribution in [-0.4, -0.2) is 17.9 Å². The predicted molar refractivity (Wildman–Crippen MR) is 93.1 cm³/mol. The van der Waals surface area contributed by atoms with Crippen molar-refractivity contribution >= 4 is 23.0 Å². The maximum absolute atomic E-state index is 12.9. The molecule has 0 aliphatic carbocycles. The summed E-state index contributed by atoms with van der Waals surface area (Å²) in [7, 11) is 1.91. The van der Waals surface area contributed by atoms with E-state index in [0.29, 0.717) is 11.3 Å². The summed E-state index contributed by atoms with van der Waals surface area (Å²) >= 11 is 0. The number of nitrogens with zero attached hydrogens (tertiary/aromatic N) is 2. The van der Waals surface area contributed by atoms with Gasteiger partial charge in [0.2, 0.25) is 0 Å². The van der Waals surface area contributed by atoms with Crippen LogP contribution in [0.3, 0.4) is 0 Å². The van der Waals surface area contributed by atoms with E-state index in [4.69, 9.17) is 0 Å². The maximum atomic E-state index is 12.9. The molecule has 0 fully saturated rings. The maximum Gasteiger partial charge on any atom is 0.257 e. The lowest BCUT2D eigenvalue weighted by atomic mass is 10.2. The van der Waals surface area contributed by atoms with E-state index in [1.165, 1.54) is 30.5 Å². The summed E-state index contributed by atoms with van der Waals surface area (Å²) in [5.74, 6) is -0.640. The topological polar surface area (TPSA) is 45.2 Å². The van der Waals surface area contributed by atoms with Crippen LogP contribution in [0.5, 0.6) is 0 Å². The molecule has 24 heavy (non-hydrogen) atoms. The average molecular weight is 321 g/mol. The van der Waals surface area contributed by atoms with Crippen LogP contribution in [0.1, 0.15) is 10.4 Å². The van der Waals surface area contributed by atoms with Gasteiger partial charge in [-0.25, -0.2) is 4.39 Å². The number of halogens is 1. The van der Waals surface area contributed by atoms with Crippen molar-refractivity contribution < 1.29 is 9.18 Å². The zero-order valence-corrected chi connectivity index (χ0v) is 13.1. The first kappa shape index (κ1) is 15.7. The summed E-state index contributed by atoms with van der Waals surface area (Å²) in [6.07, 6.45) is 3.20. The second kappa shape index (κ2) is 6.91. The van der Waals surface area contributed by atoms with Gasteiger partial charge in [0.15, 0.2) is 0 Å². The first-order valence-electron chi connectivity index (χ1n) is 7.44. The van der Waals surface area contributed by atoms with Crippen molar-refractivity contribution in [2.24, 2.45) is 0 Å². The van der Waals surface area contributed by atoms with Crippen LogP contribution >= 0.6 is 0 Å². The Morgan fingerprint density at radius 3 is 2.42 bits per heavy atom. The average Bonchev–Trinajstić information content (AvgIpc) is 2.64. The molecule has 120 valence electrons. The molecule has 0 aliphatic heterocycles. The minimum atomic E-state index is -0.346. The highest BCUT2D eigenvalue weighted by Gasteiger charge is 2.10. The highest BCUT2D eigenvalue weighted by molar-refractivity contribution is 6.04. The van der Waals surface area contributed by atoms with Gasteiger partial charge in [-0.1, -0.05) is 18.2 Å². The Morgan fingerprint density at radius 1 is 1.00 bits per heavy atom. The molecule has 3 rings (SSSR count). The quantitative estimate of drug-likeness (QED) is 0.782. The molecule has 0 unspecified atom stereocenters. The highest BCUT2D eigenvalue weighted by Crippen LogP contribution is 2.23. The third-order valence-corrected chi connectivity index (χ3v) is 3.62. The van der Waals surface area contributed by atoms with Crippen molar-refractivity contribution in [3.05, 3.63) is 84.4 Å². The molecule has 0 saturated heterocycles. The fourth-order valence-corrected chi connectivity index (χ4v) is 2.27. The minimum absolute atomic E-state index is 0.294. The molecule has 0 radical (unpaired) electrons. The third-order valence-electron chi connectivity index (χ3n) is 3.62. The molecule has 1 heterocycles. The molecule has 0 spiro atoms. The number of pyridine rings is 1. The summed E-state index contributed by atoms with van der Waals surface area (Å²) in [5.41, 5.74) is 2.76. The fourth-order valence-electron chi connectivity index (χ4n) is 2.27. The van der Waals surface area contributed by atoms with Crippen molar-refractivity contribution in [3.63, 3.8) is 0 Å². The number of amides is 1. The molecule has 0 bridgehead atoms. The monoisotopic (exact) mass is 321 g/mol. The van der Waals surface area contributed by atoms with E-state index in [2.05, 4.69) is 10.3 Å². The predicted octanol–water partition coefficient (Wildman–Crippen LogP) is 4.24. The summed E-state index contributed by atoms with van der Waals surface area (Å²) in [5, 5.41) is 2.73. The molecule has 0 aliphatic rings. The molecular formula is C19H16FN3O. The molecule has 4 nitrogen and oxygen atoms in total. The van der Waals surface area contributed by atoms with E-state index >= 15 is 0 Å². The van der Waals surface area contributed by atoms with Gasteiger partial charge in [-0.2, -0.15) is 0 Å². The fraction of sp³-hybridized carbons (Fsp3) is 0.0526. The molecule has 0 atom stereocenters. The van der Waals surface area contributed by atoms with Crippen molar-refractivity contribution in [2.75, 3.05) is 17.3 Å². The number of aromatic nitrogens is 1. The van der Waals surface area contributed by atoms with Gasteiger partial charge in [-0.15, -0.1) is 0 Å². The number of nitrogens with one attached hydrogen (secondary N) is 1. The molecule has 5 heteroatoms. The van der Waals surface area contributed by atoms with Gasteiger partial charge in [0.25, 0.3) is 5.91 Å². The summed E-state index contributed by atoms with van der Waals surface area (Å²) in [6, 6.07) is 17.2. The number of carbonyl (C=O) groups is 1. The van der Waals surface area contributed by atoms with E-state index < -0.39 is 0 Å². The number of anilines is 3. The number of carbonyl (C=O) groups excluding carboxylic acids is 1. The van der Waals surface area contributed by atoms with Crippen molar-refractivity contribution in [2.45, 2.75) is 0 Å². The Morgan fingerprint density at radius 2 is 1.71 bits per heavy atom. The van der Waals surface area contributed by atoms with Gasteiger partial charge >= 0.3 is 0 Å². The van der Waals surface area contributed by atoms with Crippen LogP contribution in [0.4, 0.5) is 21.5 Å². The lowest BCUT2D eigenvalue weighted by Gasteiger charge is -2.19. The zero-order valence-electron chi connectivity index (χ0n) is 13.1. The van der Waals surface area contributed by atoms with Crippen LogP contribution in [0, 0.1) is 5.82 Å². The van der Waals surface area contributed by atoms with Gasteiger partial charge in [0.1, 0.15) is 5.82 Å². The van der Waals surface area contributed by atoms with Crippen LogP contribution in [0.25, 0.3) is 0 Å². The molecular weight excluding hydrogens is 305 g/mol. The highest BCUT2D eigenvalue weighted by atomic mass is 19.1. The van der Waals surface area contributed by atoms with Gasteiger partial charge in [-0.3, -0.25) is 9.78 Å². The summed E-state index contributed by atoms with van der Waals surface area (Å²) in [4.78, 5) is 18.4. The summed E-state index contributed by atoms with van der Waals surface area (Å²) in [6.45, 7) is 0. The van der Waals surface area contributed by atoms with Crippen molar-refractivity contribution in [1.82, 2.24) is 4.98 Å². The second-order valence-electron chi connectivity index (χ2n) is 5.29. The molecule has 3 aromatic rings. The second-order valence-corrected chi connectivity index (χ2v) is 5.29. The first-order chi connectivity index (χ1) is 11.6. The number of para-hydroxylation sites is 1. The molecule has 1 N–H and O–H groups in total. The Balaban J connectivity index is 1.79. The Bertz CT molecular complexity index is 835. The van der Waals surface area contributed by atoms with E-state index in [0.717, 1.165) is 11.4 Å². The van der Waals surface area contributed by atoms with Crippen LogP contribution in [0.2, 0.25) is 0 Å². The molecule has 0 saturated carbocycles. The van der Waals surface area contributed by atoms with Crippen molar-refractivity contribution in [1.29, 1.82) is 0 Å². The third kappa shape index (κ3) is 3.57. The Hall–Kier alpha value is -3.21. The van der Waals surface area contributed by atoms with E-state index in [1.54, 1.807) is 12.3 Å². The van der Waals surface area contributed by atoms with E-state index in [-0.39, 0.29) is 11.7 Å². The minimum Gasteiger partial charge on any atom is -0.343 e. The standard InChI is InChI=1S/C19H16FN3O/c1-23(17-5-3-2-4-6-17)18-11-14(12-21-13-18)19(24)22-16-9-7-15(20)8-10-16/h2-13H,1H3,(H,22,24). The number of benzene rings is 2. The Kier molecular flexibility index (Phi) is 4.52. The van der Waals surface area contributed by atoms with Gasteiger partial charge in [-0.05, 0) is 42.5 Å². The van der Waals surface area contributed by atoms with Gasteiger partial charge < -0.3 is 10.2 Å². The number of hydrogen-bond acceptors (Lipinski definition) is 3. The van der Waals surface area contributed by atoms with Crippen molar-refractivity contribution in [3.8, 4) is 0 Å². The SMILES string of the molecule is CN(c1ccccc1)c1cncc(C(=O)Nc2ccc(F)cc2)c1. The number of hydrogen-bond donors (Lipinski definition) is 1. The molecule has 1 aromatic heterocycles. The van der Waals surface area contributed by atoms with Crippen LogP contribution in [0.15, 0.2) is 73.1 Å². The van der Waals surface area contributed by atoms with Gasteiger partial charge in [0, 0.05) is 24.6 Å². The molecule has 1 amide bonds. The molecule has 2 aromatic carbocycles. The lowest BCUT2D eigenvalue weighted by molar-refractivity contribution is 0.102. The zero-order chi connectivity index (χ0) is 16.9. The van der Waals surface area contributed by atoms with E-state index in [1.807, 2.05) is 42.3 Å². The van der Waals surface area contributed by atoms with E-state index in [9.17, 15) is 9.18 Å².